The van der Waals surface area contributed by atoms with Gasteiger partial charge in [0, 0.05) is 29.8 Å². The summed E-state index contributed by atoms with van der Waals surface area (Å²) in [6, 6.07) is 10.4. The number of nitrogens with one attached hydrogen (secondary N) is 1. The molecule has 198 valence electrons. The minimum atomic E-state index is -0.925. The molecule has 6 heteroatoms. The van der Waals surface area contributed by atoms with E-state index in [1.807, 2.05) is 6.07 Å². The highest BCUT2D eigenvalue weighted by Gasteiger charge is 2.36. The zero-order valence-corrected chi connectivity index (χ0v) is 22.7. The van der Waals surface area contributed by atoms with Crippen molar-refractivity contribution in [2.24, 2.45) is 0 Å². The van der Waals surface area contributed by atoms with Gasteiger partial charge in [-0.05, 0) is 69.6 Å². The van der Waals surface area contributed by atoms with Crippen LogP contribution in [0.5, 0.6) is 5.75 Å². The van der Waals surface area contributed by atoms with E-state index in [1.165, 1.54) is 22.3 Å². The van der Waals surface area contributed by atoms with E-state index >= 15 is 0 Å². The number of ether oxygens (including phenoxy) is 2. The molecule has 36 heavy (non-hydrogen) atoms. The van der Waals surface area contributed by atoms with Crippen LogP contribution >= 0.6 is 0 Å². The maximum absolute atomic E-state index is 11.7. The van der Waals surface area contributed by atoms with Crippen molar-refractivity contribution in [2.45, 2.75) is 104 Å². The molecule has 1 aliphatic heterocycles. The summed E-state index contributed by atoms with van der Waals surface area (Å²) in [5.74, 6) is 0.757. The molecule has 1 aliphatic rings. The van der Waals surface area contributed by atoms with Crippen LogP contribution in [-0.4, -0.2) is 40.6 Å². The van der Waals surface area contributed by atoms with Crippen molar-refractivity contribution >= 4 is 11.7 Å². The Balaban J connectivity index is 1.87. The fourth-order valence-corrected chi connectivity index (χ4v) is 5.19. The van der Waals surface area contributed by atoms with Gasteiger partial charge in [0.05, 0.1) is 25.2 Å². The van der Waals surface area contributed by atoms with E-state index < -0.39 is 18.2 Å². The first kappa shape index (κ1) is 28.0. The number of hydrogen-bond acceptors (Lipinski definition) is 6. The molecule has 0 spiro atoms. The first-order chi connectivity index (χ1) is 17.0. The van der Waals surface area contributed by atoms with E-state index in [-0.39, 0.29) is 31.0 Å². The van der Waals surface area contributed by atoms with Gasteiger partial charge in [0.1, 0.15) is 11.4 Å². The van der Waals surface area contributed by atoms with Gasteiger partial charge in [-0.1, -0.05) is 44.2 Å². The van der Waals surface area contributed by atoms with Gasteiger partial charge in [0.15, 0.2) is 0 Å². The maximum Gasteiger partial charge on any atom is 0.308 e. The molecule has 2 atom stereocenters. The van der Waals surface area contributed by atoms with Gasteiger partial charge in [-0.2, -0.15) is 0 Å². The van der Waals surface area contributed by atoms with Crippen LogP contribution in [0.25, 0.3) is 0 Å². The first-order valence-electron chi connectivity index (χ1n) is 13.2. The van der Waals surface area contributed by atoms with Gasteiger partial charge in [-0.3, -0.25) is 4.79 Å². The van der Waals surface area contributed by atoms with Crippen LogP contribution in [-0.2, 0) is 28.9 Å². The first-order valence-corrected chi connectivity index (χ1v) is 13.2. The number of carbonyl (C=O) groups excluding carboxylic acids is 1. The molecule has 1 heterocycles. The molecule has 0 aliphatic carbocycles. The summed E-state index contributed by atoms with van der Waals surface area (Å²) < 4.78 is 11.4. The van der Waals surface area contributed by atoms with Crippen molar-refractivity contribution < 1.29 is 24.5 Å². The van der Waals surface area contributed by atoms with Crippen LogP contribution in [0.4, 0.5) is 5.69 Å². The Morgan fingerprint density at radius 1 is 1.17 bits per heavy atom. The Hall–Kier alpha value is -2.57. The zero-order valence-electron chi connectivity index (χ0n) is 22.7. The maximum atomic E-state index is 11.7. The standard InChI is InChI=1S/C30H43NO5/c1-7-35-26(34)16-23(33)15-22(32)13-14-24-27(19(2)3)28(31-18-21-11-9-8-10-12-21)20(4)25-17-30(5,6)36-29(24)25/h8-12,19,22-23,31-33H,7,13-18H2,1-6H3. The second-order valence-electron chi connectivity index (χ2n) is 10.8. The number of benzene rings is 2. The number of anilines is 1. The third-order valence-corrected chi connectivity index (χ3v) is 6.82. The number of rotatable bonds is 12. The Morgan fingerprint density at radius 3 is 2.50 bits per heavy atom. The highest BCUT2D eigenvalue weighted by molar-refractivity contribution is 5.71. The molecule has 2 aromatic carbocycles. The summed E-state index contributed by atoms with van der Waals surface area (Å²) in [7, 11) is 0. The van der Waals surface area contributed by atoms with Crippen LogP contribution in [0.15, 0.2) is 30.3 Å². The fraction of sp³-hybridized carbons (Fsp3) is 0.567. The largest absolute Gasteiger partial charge is 0.487 e. The molecule has 0 amide bonds. The van der Waals surface area contributed by atoms with E-state index in [4.69, 9.17) is 9.47 Å². The smallest absolute Gasteiger partial charge is 0.308 e. The molecule has 2 aromatic rings. The predicted molar refractivity (Wildman–Crippen MR) is 144 cm³/mol. The average molecular weight is 498 g/mol. The van der Waals surface area contributed by atoms with Gasteiger partial charge < -0.3 is 25.0 Å². The van der Waals surface area contributed by atoms with E-state index in [9.17, 15) is 15.0 Å². The van der Waals surface area contributed by atoms with Crippen molar-refractivity contribution in [3.8, 4) is 5.75 Å². The monoisotopic (exact) mass is 497 g/mol. The lowest BCUT2D eigenvalue weighted by Crippen LogP contribution is -2.25. The van der Waals surface area contributed by atoms with E-state index in [0.29, 0.717) is 12.8 Å². The van der Waals surface area contributed by atoms with Crippen molar-refractivity contribution in [1.82, 2.24) is 0 Å². The number of carbonyl (C=O) groups is 1. The Labute approximate surface area is 216 Å². The molecule has 6 nitrogen and oxygen atoms in total. The van der Waals surface area contributed by atoms with E-state index in [2.05, 4.69) is 64.2 Å². The van der Waals surface area contributed by atoms with Crippen molar-refractivity contribution in [3.05, 3.63) is 58.1 Å². The second kappa shape index (κ2) is 12.1. The quantitative estimate of drug-likeness (QED) is 0.338. The molecular weight excluding hydrogens is 454 g/mol. The van der Waals surface area contributed by atoms with Crippen LogP contribution in [0.1, 0.15) is 87.6 Å². The number of aliphatic hydroxyl groups excluding tert-OH is 2. The lowest BCUT2D eigenvalue weighted by atomic mass is 9.85. The molecule has 0 bridgehead atoms. The highest BCUT2D eigenvalue weighted by Crippen LogP contribution is 2.47. The molecule has 2 unspecified atom stereocenters. The summed E-state index contributed by atoms with van der Waals surface area (Å²) in [6.07, 6.45) is 0.297. The Morgan fingerprint density at radius 2 is 1.86 bits per heavy atom. The molecule has 0 saturated carbocycles. The van der Waals surface area contributed by atoms with Crippen molar-refractivity contribution in [2.75, 3.05) is 11.9 Å². The number of fused-ring (bicyclic) bond motifs is 1. The molecule has 3 N–H and O–H groups in total. The van der Waals surface area contributed by atoms with Crippen LogP contribution < -0.4 is 10.1 Å². The average Bonchev–Trinajstić information content (AvgIpc) is 3.13. The van der Waals surface area contributed by atoms with Crippen LogP contribution in [0, 0.1) is 6.92 Å². The van der Waals surface area contributed by atoms with Crippen molar-refractivity contribution in [1.29, 1.82) is 0 Å². The van der Waals surface area contributed by atoms with Gasteiger partial charge in [0.25, 0.3) is 0 Å². The highest BCUT2D eigenvalue weighted by atomic mass is 16.5. The van der Waals surface area contributed by atoms with Gasteiger partial charge in [-0.25, -0.2) is 0 Å². The number of esters is 1. The minimum absolute atomic E-state index is 0.104. The van der Waals surface area contributed by atoms with Gasteiger partial charge >= 0.3 is 5.97 Å². The van der Waals surface area contributed by atoms with Crippen LogP contribution in [0.2, 0.25) is 0 Å². The summed E-state index contributed by atoms with van der Waals surface area (Å²) in [6.45, 7) is 13.5. The normalized spacial score (nSPS) is 15.8. The van der Waals surface area contributed by atoms with Crippen molar-refractivity contribution in [3.63, 3.8) is 0 Å². The molecule has 0 aromatic heterocycles. The molecule has 0 saturated heterocycles. The topological polar surface area (TPSA) is 88.0 Å². The van der Waals surface area contributed by atoms with Crippen LogP contribution in [0.3, 0.4) is 0 Å². The second-order valence-corrected chi connectivity index (χ2v) is 10.8. The summed E-state index contributed by atoms with van der Waals surface area (Å²) in [5.41, 5.74) is 6.89. The van der Waals surface area contributed by atoms with E-state index in [1.54, 1.807) is 6.92 Å². The summed E-state index contributed by atoms with van der Waals surface area (Å²) in [4.78, 5) is 11.7. The summed E-state index contributed by atoms with van der Waals surface area (Å²) in [5, 5.41) is 24.7. The van der Waals surface area contributed by atoms with E-state index in [0.717, 1.165) is 30.0 Å². The third-order valence-electron chi connectivity index (χ3n) is 6.82. The fourth-order valence-electron chi connectivity index (χ4n) is 5.19. The molecular formula is C30H43NO5. The minimum Gasteiger partial charge on any atom is -0.487 e. The molecule has 0 fully saturated rings. The summed E-state index contributed by atoms with van der Waals surface area (Å²) >= 11 is 0. The Bertz CT molecular complexity index is 1030. The number of hydrogen-bond donors (Lipinski definition) is 3. The zero-order chi connectivity index (χ0) is 26.5. The lowest BCUT2D eigenvalue weighted by Gasteiger charge is -2.26. The number of aliphatic hydroxyl groups is 2. The predicted octanol–water partition coefficient (Wildman–Crippen LogP) is 5.44. The van der Waals surface area contributed by atoms with Gasteiger partial charge in [0.2, 0.25) is 0 Å². The molecule has 0 radical (unpaired) electrons. The van der Waals surface area contributed by atoms with Gasteiger partial charge in [-0.15, -0.1) is 0 Å². The SMILES string of the molecule is CCOC(=O)CC(O)CC(O)CCc1c2c(c(C)c(NCc3ccccc3)c1C(C)C)CC(C)(C)O2. The Kier molecular flexibility index (Phi) is 9.42. The third kappa shape index (κ3) is 7.01. The molecule has 3 rings (SSSR count). The lowest BCUT2D eigenvalue weighted by molar-refractivity contribution is -0.145.